The van der Waals surface area contributed by atoms with E-state index in [1.54, 1.807) is 14.2 Å². The molecule has 112 valence electrons. The maximum Gasteiger partial charge on any atom is 0.127 e. The van der Waals surface area contributed by atoms with Gasteiger partial charge in [-0.3, -0.25) is 4.90 Å². The van der Waals surface area contributed by atoms with Crippen LogP contribution in [-0.4, -0.2) is 44.3 Å². The topological polar surface area (TPSA) is 33.7 Å². The number of piperazine rings is 1. The third kappa shape index (κ3) is 3.07. The van der Waals surface area contributed by atoms with Crippen molar-refractivity contribution >= 4 is 0 Å². The van der Waals surface area contributed by atoms with Crippen molar-refractivity contribution in [3.05, 3.63) is 23.8 Å². The van der Waals surface area contributed by atoms with Gasteiger partial charge in [-0.15, -0.1) is 0 Å². The van der Waals surface area contributed by atoms with Gasteiger partial charge in [-0.1, -0.05) is 6.07 Å². The summed E-state index contributed by atoms with van der Waals surface area (Å²) in [5, 5.41) is 3.52. The zero-order valence-corrected chi connectivity index (χ0v) is 13.1. The minimum absolute atomic E-state index is 0.329. The smallest absolute Gasteiger partial charge is 0.127 e. The molecule has 0 radical (unpaired) electrons. The monoisotopic (exact) mass is 278 g/mol. The summed E-state index contributed by atoms with van der Waals surface area (Å²) in [6.07, 6.45) is 0. The summed E-state index contributed by atoms with van der Waals surface area (Å²) in [7, 11) is 3.40. The summed E-state index contributed by atoms with van der Waals surface area (Å²) in [5.74, 6) is 1.73. The first-order chi connectivity index (χ1) is 9.56. The summed E-state index contributed by atoms with van der Waals surface area (Å²) in [4.78, 5) is 2.53. The van der Waals surface area contributed by atoms with E-state index in [0.717, 1.165) is 24.6 Å². The van der Waals surface area contributed by atoms with E-state index in [4.69, 9.17) is 9.47 Å². The minimum Gasteiger partial charge on any atom is -0.497 e. The first-order valence-corrected chi connectivity index (χ1v) is 7.27. The molecule has 0 bridgehead atoms. The van der Waals surface area contributed by atoms with Crippen LogP contribution in [0.15, 0.2) is 18.2 Å². The van der Waals surface area contributed by atoms with Gasteiger partial charge in [-0.05, 0) is 26.8 Å². The minimum atomic E-state index is 0.329. The highest BCUT2D eigenvalue weighted by molar-refractivity contribution is 5.42. The van der Waals surface area contributed by atoms with Crippen LogP contribution >= 0.6 is 0 Å². The van der Waals surface area contributed by atoms with Crippen molar-refractivity contribution in [1.82, 2.24) is 10.2 Å². The summed E-state index contributed by atoms with van der Waals surface area (Å²) in [6, 6.07) is 7.45. The van der Waals surface area contributed by atoms with Crippen molar-refractivity contribution < 1.29 is 9.47 Å². The van der Waals surface area contributed by atoms with Crippen LogP contribution in [0.3, 0.4) is 0 Å². The fourth-order valence-corrected chi connectivity index (χ4v) is 2.93. The quantitative estimate of drug-likeness (QED) is 0.917. The van der Waals surface area contributed by atoms with Gasteiger partial charge < -0.3 is 14.8 Å². The molecule has 0 saturated carbocycles. The number of nitrogens with zero attached hydrogens (tertiary/aromatic N) is 1. The van der Waals surface area contributed by atoms with Gasteiger partial charge in [0.15, 0.2) is 0 Å². The van der Waals surface area contributed by atoms with Crippen molar-refractivity contribution in [3.8, 4) is 11.5 Å². The second-order valence-corrected chi connectivity index (χ2v) is 5.64. The molecule has 0 aliphatic carbocycles. The van der Waals surface area contributed by atoms with Gasteiger partial charge in [0.25, 0.3) is 0 Å². The van der Waals surface area contributed by atoms with Crippen LogP contribution in [0.5, 0.6) is 11.5 Å². The lowest BCUT2D eigenvalue weighted by atomic mass is 10.0. The molecule has 2 rings (SSSR count). The van der Waals surface area contributed by atoms with Crippen LogP contribution in [-0.2, 0) is 0 Å². The van der Waals surface area contributed by atoms with Crippen molar-refractivity contribution in [2.45, 2.75) is 38.9 Å². The standard InChI is InChI=1S/C16H26N2O2/c1-11-10-18(12(2)9-17-11)13(3)15-7-6-14(19-4)8-16(15)20-5/h6-8,11-13,17H,9-10H2,1-5H3. The van der Waals surface area contributed by atoms with Gasteiger partial charge in [-0.25, -0.2) is 0 Å². The summed E-state index contributed by atoms with van der Waals surface area (Å²) in [6.45, 7) is 8.84. The van der Waals surface area contributed by atoms with Gasteiger partial charge in [0.1, 0.15) is 11.5 Å². The van der Waals surface area contributed by atoms with Crippen LogP contribution in [0.4, 0.5) is 0 Å². The van der Waals surface area contributed by atoms with Crippen LogP contribution < -0.4 is 14.8 Å². The Bertz CT molecular complexity index is 450. The third-order valence-corrected chi connectivity index (χ3v) is 4.20. The first kappa shape index (κ1) is 15.1. The van der Waals surface area contributed by atoms with Gasteiger partial charge >= 0.3 is 0 Å². The number of methoxy groups -OCH3 is 2. The van der Waals surface area contributed by atoms with Crippen molar-refractivity contribution in [2.24, 2.45) is 0 Å². The van der Waals surface area contributed by atoms with Crippen molar-refractivity contribution in [3.63, 3.8) is 0 Å². The number of rotatable bonds is 4. The van der Waals surface area contributed by atoms with Crippen LogP contribution in [0, 0.1) is 0 Å². The fraction of sp³-hybridized carbons (Fsp3) is 0.625. The van der Waals surface area contributed by atoms with Gasteiger partial charge in [-0.2, -0.15) is 0 Å². The Morgan fingerprint density at radius 2 is 2.00 bits per heavy atom. The molecule has 1 aromatic carbocycles. The van der Waals surface area contributed by atoms with E-state index in [1.165, 1.54) is 5.56 Å². The molecule has 1 fully saturated rings. The number of ether oxygens (including phenoxy) is 2. The summed E-state index contributed by atoms with van der Waals surface area (Å²) < 4.78 is 10.8. The molecule has 0 amide bonds. The predicted octanol–water partition coefficient (Wildman–Crippen LogP) is 2.45. The average molecular weight is 278 g/mol. The Kier molecular flexibility index (Phi) is 4.89. The highest BCUT2D eigenvalue weighted by Crippen LogP contribution is 2.33. The van der Waals surface area contributed by atoms with E-state index >= 15 is 0 Å². The second kappa shape index (κ2) is 6.46. The molecule has 1 aliphatic rings. The van der Waals surface area contributed by atoms with E-state index in [0.29, 0.717) is 18.1 Å². The van der Waals surface area contributed by atoms with E-state index < -0.39 is 0 Å². The number of hydrogen-bond acceptors (Lipinski definition) is 4. The SMILES string of the molecule is COc1ccc(C(C)N2CC(C)NCC2C)c(OC)c1. The van der Waals surface area contributed by atoms with E-state index in [-0.39, 0.29) is 0 Å². The zero-order valence-electron chi connectivity index (χ0n) is 13.1. The highest BCUT2D eigenvalue weighted by Gasteiger charge is 2.28. The average Bonchev–Trinajstić information content (AvgIpc) is 2.48. The van der Waals surface area contributed by atoms with E-state index in [2.05, 4.69) is 37.1 Å². The molecule has 0 aromatic heterocycles. The first-order valence-electron chi connectivity index (χ1n) is 7.27. The Labute approximate surface area is 122 Å². The Morgan fingerprint density at radius 3 is 2.65 bits per heavy atom. The Balaban J connectivity index is 2.25. The van der Waals surface area contributed by atoms with Gasteiger partial charge in [0.05, 0.1) is 14.2 Å². The molecule has 1 saturated heterocycles. The van der Waals surface area contributed by atoms with E-state index in [9.17, 15) is 0 Å². The highest BCUT2D eigenvalue weighted by atomic mass is 16.5. The molecule has 3 unspecified atom stereocenters. The van der Waals surface area contributed by atoms with E-state index in [1.807, 2.05) is 12.1 Å². The molecule has 4 nitrogen and oxygen atoms in total. The molecule has 1 aliphatic heterocycles. The normalized spacial score (nSPS) is 25.2. The summed E-state index contributed by atoms with van der Waals surface area (Å²) >= 11 is 0. The molecule has 1 heterocycles. The maximum atomic E-state index is 5.54. The third-order valence-electron chi connectivity index (χ3n) is 4.20. The van der Waals surface area contributed by atoms with Crippen LogP contribution in [0.2, 0.25) is 0 Å². The zero-order chi connectivity index (χ0) is 14.7. The fourth-order valence-electron chi connectivity index (χ4n) is 2.93. The number of hydrogen-bond donors (Lipinski definition) is 1. The van der Waals surface area contributed by atoms with Crippen LogP contribution in [0.25, 0.3) is 0 Å². The maximum absolute atomic E-state index is 5.54. The molecular formula is C16H26N2O2. The van der Waals surface area contributed by atoms with Gasteiger partial charge in [0.2, 0.25) is 0 Å². The van der Waals surface area contributed by atoms with Crippen LogP contribution in [0.1, 0.15) is 32.4 Å². The molecule has 3 atom stereocenters. The van der Waals surface area contributed by atoms with Crippen molar-refractivity contribution in [1.29, 1.82) is 0 Å². The van der Waals surface area contributed by atoms with Gasteiger partial charge in [0, 0.05) is 42.8 Å². The molecule has 4 heteroatoms. The number of benzene rings is 1. The lowest BCUT2D eigenvalue weighted by Crippen LogP contribution is -2.54. The Hall–Kier alpha value is -1.26. The molecule has 1 aromatic rings. The predicted molar refractivity (Wildman–Crippen MR) is 81.6 cm³/mol. The number of nitrogens with one attached hydrogen (secondary N) is 1. The Morgan fingerprint density at radius 1 is 1.25 bits per heavy atom. The summed E-state index contributed by atoms with van der Waals surface area (Å²) in [5.41, 5.74) is 1.22. The van der Waals surface area contributed by atoms with Crippen molar-refractivity contribution in [2.75, 3.05) is 27.3 Å². The lowest BCUT2D eigenvalue weighted by Gasteiger charge is -2.41. The molecule has 0 spiro atoms. The lowest BCUT2D eigenvalue weighted by molar-refractivity contribution is 0.102. The second-order valence-electron chi connectivity index (χ2n) is 5.64. The molecule has 20 heavy (non-hydrogen) atoms. The molecular weight excluding hydrogens is 252 g/mol. The molecule has 1 N–H and O–H groups in total. The largest absolute Gasteiger partial charge is 0.497 e.